The Morgan fingerprint density at radius 1 is 0.452 bits per heavy atom. The number of allylic oxidation sites excluding steroid dienone is 3. The normalized spacial score (nSPS) is 10.5. The van der Waals surface area contributed by atoms with Crippen LogP contribution in [0.25, 0.3) is 18.2 Å². The van der Waals surface area contributed by atoms with Crippen LogP contribution in [-0.2, 0) is 0 Å². The summed E-state index contributed by atoms with van der Waals surface area (Å²) in [5.41, 5.74) is 9.57. The summed E-state index contributed by atoms with van der Waals surface area (Å²) < 4.78 is 18.8. The van der Waals surface area contributed by atoms with E-state index in [0.29, 0.717) is 17.2 Å². The second-order valence-corrected chi connectivity index (χ2v) is 11.3. The van der Waals surface area contributed by atoms with Gasteiger partial charge in [-0.05, 0) is 98.7 Å². The highest BCUT2D eigenvalue weighted by atomic mass is 16.5. The molecule has 6 nitrogen and oxygen atoms in total. The van der Waals surface area contributed by atoms with Crippen molar-refractivity contribution in [2.75, 3.05) is 0 Å². The second kappa shape index (κ2) is 13.3. The van der Waals surface area contributed by atoms with Gasteiger partial charge >= 0.3 is 18.0 Å². The largest absolute Gasteiger partial charge is 0.423 e. The Hall–Kier alpha value is -4.71. The van der Waals surface area contributed by atoms with E-state index >= 15 is 0 Å². The standard InChI is InChI=1S/C36H39N3O3/c1-22(2)16-28-19-25(7)10-13-31(28)40-34-37-35(41-32-14-11-26(8)20-29(32)17-23(3)4)39-36(38-34)42-33-15-12-27(9)21-30(33)18-24(5)6/h10-21H,1-9H3. The summed E-state index contributed by atoms with van der Waals surface area (Å²) in [5, 5.41) is 0. The van der Waals surface area contributed by atoms with Crippen molar-refractivity contribution >= 4 is 18.2 Å². The monoisotopic (exact) mass is 561 g/mol. The third kappa shape index (κ3) is 8.40. The summed E-state index contributed by atoms with van der Waals surface area (Å²) in [6.07, 6.45) is 6.19. The minimum absolute atomic E-state index is 0.0639. The van der Waals surface area contributed by atoms with Crippen molar-refractivity contribution < 1.29 is 14.2 Å². The van der Waals surface area contributed by atoms with E-state index in [1.807, 2.05) is 98.7 Å². The molecule has 1 heterocycles. The van der Waals surface area contributed by atoms with Crippen molar-refractivity contribution in [3.05, 3.63) is 105 Å². The molecular weight excluding hydrogens is 522 g/mol. The Kier molecular flexibility index (Phi) is 9.58. The van der Waals surface area contributed by atoms with E-state index in [-0.39, 0.29) is 18.0 Å². The summed E-state index contributed by atoms with van der Waals surface area (Å²) in [6.45, 7) is 18.4. The number of ether oxygens (including phenoxy) is 3. The number of aromatic nitrogens is 3. The second-order valence-electron chi connectivity index (χ2n) is 11.3. The summed E-state index contributed by atoms with van der Waals surface area (Å²) in [5.74, 6) is 1.85. The molecule has 1 aromatic heterocycles. The van der Waals surface area contributed by atoms with Crippen LogP contribution >= 0.6 is 0 Å². The van der Waals surface area contributed by atoms with Gasteiger partial charge in [-0.1, -0.05) is 69.8 Å². The molecule has 0 bridgehead atoms. The molecule has 3 aromatic carbocycles. The van der Waals surface area contributed by atoms with Crippen LogP contribution in [0.5, 0.6) is 35.3 Å². The van der Waals surface area contributed by atoms with Crippen molar-refractivity contribution in [3.63, 3.8) is 0 Å². The van der Waals surface area contributed by atoms with Crippen LogP contribution in [0.3, 0.4) is 0 Å². The van der Waals surface area contributed by atoms with E-state index in [2.05, 4.69) is 51.4 Å². The van der Waals surface area contributed by atoms with Crippen LogP contribution < -0.4 is 14.2 Å². The summed E-state index contributed by atoms with van der Waals surface area (Å²) in [7, 11) is 0. The molecule has 0 aliphatic heterocycles. The molecule has 0 saturated carbocycles. The molecule has 4 aromatic rings. The van der Waals surface area contributed by atoms with Gasteiger partial charge in [0.05, 0.1) is 0 Å². The highest BCUT2D eigenvalue weighted by Gasteiger charge is 2.16. The third-order valence-corrected chi connectivity index (χ3v) is 6.01. The minimum atomic E-state index is 0.0639. The molecule has 0 spiro atoms. The Balaban J connectivity index is 1.81. The molecule has 0 radical (unpaired) electrons. The predicted molar refractivity (Wildman–Crippen MR) is 172 cm³/mol. The number of hydrogen-bond donors (Lipinski definition) is 0. The SMILES string of the molecule is CC(C)=Cc1cc(C)ccc1Oc1nc(Oc2ccc(C)cc2C=C(C)C)nc(Oc2ccc(C)cc2C=C(C)C)n1. The van der Waals surface area contributed by atoms with Crippen molar-refractivity contribution in [2.45, 2.75) is 62.3 Å². The van der Waals surface area contributed by atoms with Crippen molar-refractivity contribution in [3.8, 4) is 35.3 Å². The molecule has 0 unspecified atom stereocenters. The first-order chi connectivity index (χ1) is 19.9. The fourth-order valence-electron chi connectivity index (χ4n) is 4.31. The first kappa shape index (κ1) is 30.3. The van der Waals surface area contributed by atoms with Crippen molar-refractivity contribution in [2.24, 2.45) is 0 Å². The van der Waals surface area contributed by atoms with Gasteiger partial charge in [0.1, 0.15) is 17.2 Å². The zero-order chi connectivity index (χ0) is 30.4. The highest BCUT2D eigenvalue weighted by Crippen LogP contribution is 2.33. The Morgan fingerprint density at radius 2 is 0.714 bits per heavy atom. The van der Waals surface area contributed by atoms with Crippen LogP contribution in [-0.4, -0.2) is 15.0 Å². The average Bonchev–Trinajstić information content (AvgIpc) is 2.88. The van der Waals surface area contributed by atoms with Gasteiger partial charge in [0.25, 0.3) is 0 Å². The summed E-state index contributed by atoms with van der Waals surface area (Å²) in [6, 6.07) is 18.1. The minimum Gasteiger partial charge on any atom is -0.423 e. The lowest BCUT2D eigenvalue weighted by atomic mass is 10.1. The van der Waals surface area contributed by atoms with Gasteiger partial charge in [-0.15, -0.1) is 15.0 Å². The van der Waals surface area contributed by atoms with Crippen LogP contribution in [0.4, 0.5) is 0 Å². The number of benzene rings is 3. The number of rotatable bonds is 9. The van der Waals surface area contributed by atoms with Gasteiger partial charge in [0.2, 0.25) is 0 Å². The molecular formula is C36H39N3O3. The lowest BCUT2D eigenvalue weighted by molar-refractivity contribution is 0.361. The van der Waals surface area contributed by atoms with E-state index in [1.54, 1.807) is 0 Å². The molecule has 0 atom stereocenters. The molecule has 0 fully saturated rings. The number of nitrogens with zero attached hydrogens (tertiary/aromatic N) is 3. The predicted octanol–water partition coefficient (Wildman–Crippen LogP) is 10.4. The first-order valence-electron chi connectivity index (χ1n) is 14.0. The van der Waals surface area contributed by atoms with E-state index < -0.39 is 0 Å². The molecule has 0 amide bonds. The van der Waals surface area contributed by atoms with E-state index in [9.17, 15) is 0 Å². The van der Waals surface area contributed by atoms with Crippen LogP contribution in [0.1, 0.15) is 74.9 Å². The van der Waals surface area contributed by atoms with Crippen molar-refractivity contribution in [1.82, 2.24) is 15.0 Å². The quantitative estimate of drug-likeness (QED) is 0.202. The zero-order valence-electron chi connectivity index (χ0n) is 26.0. The number of aryl methyl sites for hydroxylation is 3. The molecule has 0 aliphatic carbocycles. The van der Waals surface area contributed by atoms with E-state index in [4.69, 9.17) is 14.2 Å². The fraction of sp³-hybridized carbons (Fsp3) is 0.250. The third-order valence-electron chi connectivity index (χ3n) is 6.01. The lowest BCUT2D eigenvalue weighted by Crippen LogP contribution is -2.03. The Labute approximate surface area is 249 Å². The maximum atomic E-state index is 6.26. The van der Waals surface area contributed by atoms with Gasteiger partial charge in [-0.25, -0.2) is 0 Å². The maximum absolute atomic E-state index is 6.26. The Bertz CT molecular complexity index is 1480. The topological polar surface area (TPSA) is 66.4 Å². The molecule has 0 saturated heterocycles. The lowest BCUT2D eigenvalue weighted by Gasteiger charge is -2.14. The summed E-state index contributed by atoms with van der Waals surface area (Å²) >= 11 is 0. The van der Waals surface area contributed by atoms with E-state index in [1.165, 1.54) is 0 Å². The zero-order valence-corrected chi connectivity index (χ0v) is 26.0. The smallest absolute Gasteiger partial charge is 0.331 e. The van der Waals surface area contributed by atoms with Crippen LogP contribution in [0, 0.1) is 20.8 Å². The molecule has 216 valence electrons. The van der Waals surface area contributed by atoms with Gasteiger partial charge in [0.15, 0.2) is 0 Å². The van der Waals surface area contributed by atoms with Gasteiger partial charge in [0, 0.05) is 16.7 Å². The maximum Gasteiger partial charge on any atom is 0.331 e. The fourth-order valence-corrected chi connectivity index (χ4v) is 4.31. The molecule has 42 heavy (non-hydrogen) atoms. The Morgan fingerprint density at radius 3 is 0.952 bits per heavy atom. The average molecular weight is 562 g/mol. The molecule has 6 heteroatoms. The van der Waals surface area contributed by atoms with Crippen LogP contribution in [0.15, 0.2) is 71.3 Å². The van der Waals surface area contributed by atoms with Gasteiger partial charge in [-0.3, -0.25) is 0 Å². The molecule has 0 aliphatic rings. The summed E-state index contributed by atoms with van der Waals surface area (Å²) in [4.78, 5) is 13.6. The molecule has 4 rings (SSSR count). The van der Waals surface area contributed by atoms with Gasteiger partial charge in [-0.2, -0.15) is 0 Å². The first-order valence-corrected chi connectivity index (χ1v) is 14.0. The van der Waals surface area contributed by atoms with Crippen molar-refractivity contribution in [1.29, 1.82) is 0 Å². The van der Waals surface area contributed by atoms with Crippen LogP contribution in [0.2, 0.25) is 0 Å². The van der Waals surface area contributed by atoms with E-state index in [0.717, 1.165) is 50.1 Å². The number of hydrogen-bond acceptors (Lipinski definition) is 6. The van der Waals surface area contributed by atoms with Gasteiger partial charge < -0.3 is 14.2 Å². The molecule has 0 N–H and O–H groups in total. The highest BCUT2D eigenvalue weighted by molar-refractivity contribution is 5.62.